The first-order valence-electron chi connectivity index (χ1n) is 7.37. The number of fused-ring (bicyclic) bond motifs is 1. The van der Waals surface area contributed by atoms with E-state index in [1.807, 2.05) is 0 Å². The molecule has 124 valence electrons. The lowest BCUT2D eigenvalue weighted by atomic mass is 10.0. The van der Waals surface area contributed by atoms with E-state index in [0.29, 0.717) is 17.1 Å². The molecule has 0 radical (unpaired) electrons. The molecule has 2 aromatic rings. The van der Waals surface area contributed by atoms with Crippen molar-refractivity contribution in [3.63, 3.8) is 0 Å². The second-order valence-corrected chi connectivity index (χ2v) is 5.63. The van der Waals surface area contributed by atoms with Crippen LogP contribution in [0.15, 0.2) is 42.6 Å². The van der Waals surface area contributed by atoms with Crippen LogP contribution in [0.3, 0.4) is 0 Å². The molecule has 2 heterocycles. The van der Waals surface area contributed by atoms with Gasteiger partial charge in [-0.2, -0.15) is 0 Å². The van der Waals surface area contributed by atoms with Gasteiger partial charge in [0.2, 0.25) is 0 Å². The molecular weight excluding hydrogens is 313 g/mol. The number of amides is 2. The lowest BCUT2D eigenvalue weighted by molar-refractivity contribution is -0.148. The van der Waals surface area contributed by atoms with Gasteiger partial charge in [0, 0.05) is 19.8 Å². The number of nitrogens with zero attached hydrogens (tertiary/aromatic N) is 2. The zero-order chi connectivity index (χ0) is 17.3. The van der Waals surface area contributed by atoms with Gasteiger partial charge in [-0.15, -0.1) is 0 Å². The van der Waals surface area contributed by atoms with Crippen LogP contribution in [0.25, 0.3) is 0 Å². The summed E-state index contributed by atoms with van der Waals surface area (Å²) in [6.45, 7) is 1.58. The van der Waals surface area contributed by atoms with Gasteiger partial charge in [-0.3, -0.25) is 14.5 Å². The van der Waals surface area contributed by atoms with E-state index in [2.05, 4.69) is 10.3 Å². The van der Waals surface area contributed by atoms with Gasteiger partial charge in [0.25, 0.3) is 17.4 Å². The number of hydrogen-bond donors (Lipinski definition) is 1. The number of aromatic nitrogens is 1. The molecule has 1 aromatic heterocycles. The SMILES string of the molecule is CN1C(=O)[C@@](C)(C(=O)NCc2ccc(F)cc2)Oc2cccnc21. The van der Waals surface area contributed by atoms with E-state index >= 15 is 0 Å². The number of pyridine rings is 1. The molecule has 3 rings (SSSR count). The summed E-state index contributed by atoms with van der Waals surface area (Å²) in [5.41, 5.74) is -0.975. The van der Waals surface area contributed by atoms with Crippen molar-refractivity contribution in [2.45, 2.75) is 19.1 Å². The fourth-order valence-corrected chi connectivity index (χ4v) is 2.49. The predicted molar refractivity (Wildman–Crippen MR) is 84.9 cm³/mol. The fraction of sp³-hybridized carbons (Fsp3) is 0.235. The van der Waals surface area contributed by atoms with Gasteiger partial charge < -0.3 is 10.1 Å². The zero-order valence-electron chi connectivity index (χ0n) is 13.2. The molecule has 1 N–H and O–H groups in total. The van der Waals surface area contributed by atoms with Gasteiger partial charge >= 0.3 is 0 Å². The molecule has 1 aliphatic rings. The van der Waals surface area contributed by atoms with Crippen molar-refractivity contribution in [2.24, 2.45) is 0 Å². The number of likely N-dealkylation sites (N-methyl/N-ethyl adjacent to an activating group) is 1. The Labute approximate surface area is 138 Å². The number of anilines is 1. The Balaban J connectivity index is 1.78. The third-order valence-corrected chi connectivity index (χ3v) is 3.90. The highest BCUT2D eigenvalue weighted by Gasteiger charge is 2.50. The number of carbonyl (C=O) groups excluding carboxylic acids is 2. The standard InChI is InChI=1S/C17H16FN3O3/c1-17(15(22)20-10-11-5-7-12(18)8-6-11)16(23)21(2)14-13(24-17)4-3-9-19-14/h3-9H,10H2,1-2H3,(H,20,22)/t17-/m1/s1. The number of halogens is 1. The van der Waals surface area contributed by atoms with Crippen molar-refractivity contribution in [2.75, 3.05) is 11.9 Å². The average molecular weight is 329 g/mol. The van der Waals surface area contributed by atoms with Crippen molar-refractivity contribution < 1.29 is 18.7 Å². The van der Waals surface area contributed by atoms with Crippen molar-refractivity contribution in [3.8, 4) is 5.75 Å². The summed E-state index contributed by atoms with van der Waals surface area (Å²) < 4.78 is 18.6. The molecule has 0 bridgehead atoms. The third kappa shape index (κ3) is 2.68. The minimum Gasteiger partial charge on any atom is -0.464 e. The summed E-state index contributed by atoms with van der Waals surface area (Å²) in [5, 5.41) is 2.66. The zero-order valence-corrected chi connectivity index (χ0v) is 13.2. The molecule has 0 spiro atoms. The topological polar surface area (TPSA) is 71.5 Å². The monoisotopic (exact) mass is 329 g/mol. The average Bonchev–Trinajstić information content (AvgIpc) is 2.59. The highest BCUT2D eigenvalue weighted by atomic mass is 19.1. The van der Waals surface area contributed by atoms with Crippen LogP contribution in [-0.2, 0) is 16.1 Å². The summed E-state index contributed by atoms with van der Waals surface area (Å²) >= 11 is 0. The Morgan fingerprint density at radius 2 is 2.04 bits per heavy atom. The highest BCUT2D eigenvalue weighted by Crippen LogP contribution is 2.34. The number of nitrogens with one attached hydrogen (secondary N) is 1. The Morgan fingerprint density at radius 3 is 2.75 bits per heavy atom. The molecule has 0 aliphatic carbocycles. The molecule has 1 aliphatic heterocycles. The number of rotatable bonds is 3. The van der Waals surface area contributed by atoms with Crippen LogP contribution in [0.4, 0.5) is 10.2 Å². The Kier molecular flexibility index (Phi) is 3.92. The van der Waals surface area contributed by atoms with Crippen LogP contribution in [-0.4, -0.2) is 29.4 Å². The van der Waals surface area contributed by atoms with Gasteiger partial charge in [0.05, 0.1) is 0 Å². The van der Waals surface area contributed by atoms with E-state index in [0.717, 1.165) is 0 Å². The molecule has 6 nitrogen and oxygen atoms in total. The molecule has 7 heteroatoms. The van der Waals surface area contributed by atoms with Crippen LogP contribution in [0.2, 0.25) is 0 Å². The quantitative estimate of drug-likeness (QED) is 0.869. The summed E-state index contributed by atoms with van der Waals surface area (Å²) in [4.78, 5) is 30.5. The van der Waals surface area contributed by atoms with Crippen molar-refractivity contribution >= 4 is 17.6 Å². The van der Waals surface area contributed by atoms with Crippen molar-refractivity contribution in [3.05, 3.63) is 54.0 Å². The molecular formula is C17H16FN3O3. The van der Waals surface area contributed by atoms with Gasteiger partial charge in [0.15, 0.2) is 11.6 Å². The number of carbonyl (C=O) groups is 2. The Morgan fingerprint density at radius 1 is 1.33 bits per heavy atom. The first-order valence-corrected chi connectivity index (χ1v) is 7.37. The van der Waals surface area contributed by atoms with Gasteiger partial charge in [-0.1, -0.05) is 12.1 Å². The summed E-state index contributed by atoms with van der Waals surface area (Å²) in [6.07, 6.45) is 1.54. The van der Waals surface area contributed by atoms with Crippen LogP contribution in [0.5, 0.6) is 5.75 Å². The van der Waals surface area contributed by atoms with Crippen LogP contribution < -0.4 is 15.0 Å². The second-order valence-electron chi connectivity index (χ2n) is 5.63. The van der Waals surface area contributed by atoms with E-state index in [1.54, 1.807) is 37.5 Å². The van der Waals surface area contributed by atoms with E-state index in [4.69, 9.17) is 4.74 Å². The van der Waals surface area contributed by atoms with Crippen LogP contribution in [0, 0.1) is 5.82 Å². The molecule has 0 saturated carbocycles. The maximum absolute atomic E-state index is 12.9. The first kappa shape index (κ1) is 15.9. The van der Waals surface area contributed by atoms with E-state index in [9.17, 15) is 14.0 Å². The van der Waals surface area contributed by atoms with E-state index in [-0.39, 0.29) is 12.4 Å². The maximum atomic E-state index is 12.9. The molecule has 1 aromatic carbocycles. The highest BCUT2D eigenvalue weighted by molar-refractivity contribution is 6.15. The Bertz CT molecular complexity index is 794. The second kappa shape index (κ2) is 5.92. The normalized spacial score (nSPS) is 19.5. The number of ether oxygens (including phenoxy) is 1. The fourth-order valence-electron chi connectivity index (χ4n) is 2.49. The first-order chi connectivity index (χ1) is 11.4. The number of benzene rings is 1. The van der Waals surface area contributed by atoms with E-state index < -0.39 is 17.4 Å². The Hall–Kier alpha value is -2.96. The minimum atomic E-state index is -1.69. The summed E-state index contributed by atoms with van der Waals surface area (Å²) in [5.74, 6) is -0.706. The van der Waals surface area contributed by atoms with Gasteiger partial charge in [-0.25, -0.2) is 9.37 Å². The van der Waals surface area contributed by atoms with Crippen LogP contribution in [0.1, 0.15) is 12.5 Å². The van der Waals surface area contributed by atoms with Gasteiger partial charge in [-0.05, 0) is 36.8 Å². The molecule has 0 saturated heterocycles. The maximum Gasteiger partial charge on any atom is 0.281 e. The molecule has 1 atom stereocenters. The van der Waals surface area contributed by atoms with Gasteiger partial charge in [0.1, 0.15) is 5.82 Å². The predicted octanol–water partition coefficient (Wildman–Crippen LogP) is 1.65. The molecule has 0 unspecified atom stereocenters. The summed E-state index contributed by atoms with van der Waals surface area (Å²) in [6, 6.07) is 9.05. The lowest BCUT2D eigenvalue weighted by Gasteiger charge is -2.36. The van der Waals surface area contributed by atoms with Crippen molar-refractivity contribution in [1.29, 1.82) is 0 Å². The smallest absolute Gasteiger partial charge is 0.281 e. The molecule has 0 fully saturated rings. The largest absolute Gasteiger partial charge is 0.464 e. The van der Waals surface area contributed by atoms with Crippen LogP contribution >= 0.6 is 0 Å². The van der Waals surface area contributed by atoms with Crippen molar-refractivity contribution in [1.82, 2.24) is 10.3 Å². The third-order valence-electron chi connectivity index (χ3n) is 3.90. The molecule has 2 amide bonds. The summed E-state index contributed by atoms with van der Waals surface area (Å²) in [7, 11) is 1.54. The lowest BCUT2D eigenvalue weighted by Crippen LogP contribution is -2.61. The number of hydrogen-bond acceptors (Lipinski definition) is 4. The van der Waals surface area contributed by atoms with E-state index in [1.165, 1.54) is 24.0 Å². The minimum absolute atomic E-state index is 0.162. The molecule has 24 heavy (non-hydrogen) atoms.